The van der Waals surface area contributed by atoms with Crippen LogP contribution in [-0.2, 0) is 16.1 Å². The predicted octanol–water partition coefficient (Wildman–Crippen LogP) is 3.67. The lowest BCUT2D eigenvalue weighted by atomic mass is 9.98. The molecular weight excluding hydrogens is 224 g/mol. The normalized spacial score (nSPS) is 10.7. The summed E-state index contributed by atoms with van der Waals surface area (Å²) >= 11 is 0. The predicted molar refractivity (Wildman–Crippen MR) is 72.3 cm³/mol. The summed E-state index contributed by atoms with van der Waals surface area (Å²) in [5.41, 5.74) is 1.04. The van der Waals surface area contributed by atoms with E-state index < -0.39 is 0 Å². The molecule has 0 saturated carbocycles. The maximum Gasteiger partial charge on any atom is 0.293 e. The Balaban J connectivity index is 2.35. The molecule has 0 aromatic heterocycles. The van der Waals surface area contributed by atoms with E-state index >= 15 is 0 Å². The van der Waals surface area contributed by atoms with Crippen LogP contribution in [0.1, 0.15) is 5.56 Å². The van der Waals surface area contributed by atoms with Crippen LogP contribution in [0.2, 0.25) is 0 Å². The first kappa shape index (κ1) is 10.8. The van der Waals surface area contributed by atoms with Crippen LogP contribution in [0.3, 0.4) is 0 Å². The van der Waals surface area contributed by atoms with E-state index in [1.807, 2.05) is 24.3 Å². The Kier molecular flexibility index (Phi) is 2.69. The van der Waals surface area contributed by atoms with Gasteiger partial charge < -0.3 is 4.74 Å². The highest BCUT2D eigenvalue weighted by atomic mass is 16.5. The summed E-state index contributed by atoms with van der Waals surface area (Å²) in [6.07, 6.45) is 0. The first-order valence-corrected chi connectivity index (χ1v) is 5.85. The number of fused-ring (bicyclic) bond motifs is 3. The van der Waals surface area contributed by atoms with Crippen molar-refractivity contribution in [3.8, 4) is 0 Å². The Morgan fingerprint density at radius 1 is 0.889 bits per heavy atom. The molecule has 0 saturated heterocycles. The average molecular weight is 236 g/mol. The fraction of sp³-hybridized carbons (Fsp3) is 0.0625. The molecule has 18 heavy (non-hydrogen) atoms. The van der Waals surface area contributed by atoms with Crippen molar-refractivity contribution in [3.05, 3.63) is 60.2 Å². The summed E-state index contributed by atoms with van der Waals surface area (Å²) < 4.78 is 4.90. The van der Waals surface area contributed by atoms with Crippen molar-refractivity contribution >= 4 is 28.0 Å². The first-order chi connectivity index (χ1) is 8.90. The summed E-state index contributed by atoms with van der Waals surface area (Å²) in [6.45, 7) is 0.804. The molecular formula is C16H12O2. The Hall–Kier alpha value is -2.35. The Morgan fingerprint density at radius 3 is 2.56 bits per heavy atom. The third-order valence-electron chi connectivity index (χ3n) is 3.16. The highest BCUT2D eigenvalue weighted by molar-refractivity contribution is 6.09. The van der Waals surface area contributed by atoms with Gasteiger partial charge in [-0.15, -0.1) is 0 Å². The van der Waals surface area contributed by atoms with E-state index in [9.17, 15) is 4.79 Å². The second kappa shape index (κ2) is 4.49. The zero-order chi connectivity index (χ0) is 12.4. The van der Waals surface area contributed by atoms with Crippen LogP contribution in [0.25, 0.3) is 21.5 Å². The van der Waals surface area contributed by atoms with E-state index in [1.165, 1.54) is 16.2 Å². The lowest BCUT2D eigenvalue weighted by Crippen LogP contribution is -1.92. The molecule has 0 bridgehead atoms. The van der Waals surface area contributed by atoms with Crippen molar-refractivity contribution in [2.45, 2.75) is 6.61 Å². The molecule has 2 nitrogen and oxygen atoms in total. The van der Waals surface area contributed by atoms with E-state index in [-0.39, 0.29) is 0 Å². The van der Waals surface area contributed by atoms with Crippen molar-refractivity contribution in [3.63, 3.8) is 0 Å². The van der Waals surface area contributed by atoms with Gasteiger partial charge >= 0.3 is 0 Å². The van der Waals surface area contributed by atoms with Gasteiger partial charge in [0.05, 0.1) is 0 Å². The second-order valence-corrected chi connectivity index (χ2v) is 4.21. The summed E-state index contributed by atoms with van der Waals surface area (Å²) in [4.78, 5) is 10.4. The molecule has 88 valence electrons. The summed E-state index contributed by atoms with van der Waals surface area (Å²) in [5, 5.41) is 4.72. The van der Waals surface area contributed by atoms with Gasteiger partial charge in [-0.3, -0.25) is 4.79 Å². The van der Waals surface area contributed by atoms with Crippen molar-refractivity contribution in [2.24, 2.45) is 0 Å². The van der Waals surface area contributed by atoms with Gasteiger partial charge in [0.15, 0.2) is 0 Å². The smallest absolute Gasteiger partial charge is 0.293 e. The number of carbonyl (C=O) groups is 1. The second-order valence-electron chi connectivity index (χ2n) is 4.21. The topological polar surface area (TPSA) is 26.3 Å². The minimum absolute atomic E-state index is 0.314. The molecule has 0 N–H and O–H groups in total. The van der Waals surface area contributed by atoms with Crippen molar-refractivity contribution in [2.75, 3.05) is 0 Å². The number of hydrogen-bond acceptors (Lipinski definition) is 2. The molecule has 2 heteroatoms. The quantitative estimate of drug-likeness (QED) is 0.512. The summed E-state index contributed by atoms with van der Waals surface area (Å²) in [5.74, 6) is 0. The molecule has 3 aromatic rings. The van der Waals surface area contributed by atoms with Crippen molar-refractivity contribution < 1.29 is 9.53 Å². The number of hydrogen-bond donors (Lipinski definition) is 0. The lowest BCUT2D eigenvalue weighted by Gasteiger charge is -2.09. The third kappa shape index (κ3) is 1.72. The molecule has 0 radical (unpaired) electrons. The van der Waals surface area contributed by atoms with Crippen LogP contribution < -0.4 is 0 Å². The monoisotopic (exact) mass is 236 g/mol. The maximum absolute atomic E-state index is 10.4. The first-order valence-electron chi connectivity index (χ1n) is 5.85. The molecule has 0 amide bonds. The molecule has 0 aliphatic carbocycles. The highest BCUT2D eigenvalue weighted by Gasteiger charge is 2.05. The van der Waals surface area contributed by atoms with Gasteiger partial charge in [0, 0.05) is 0 Å². The van der Waals surface area contributed by atoms with Crippen LogP contribution in [-0.4, -0.2) is 6.47 Å². The van der Waals surface area contributed by atoms with E-state index in [1.54, 1.807) is 0 Å². The van der Waals surface area contributed by atoms with Gasteiger partial charge in [0.2, 0.25) is 0 Å². The molecule has 0 fully saturated rings. The van der Waals surface area contributed by atoms with Crippen molar-refractivity contribution in [1.82, 2.24) is 0 Å². The van der Waals surface area contributed by atoms with E-state index in [4.69, 9.17) is 4.74 Å². The maximum atomic E-state index is 10.4. The van der Waals surface area contributed by atoms with Crippen LogP contribution in [0.4, 0.5) is 0 Å². The Morgan fingerprint density at radius 2 is 1.67 bits per heavy atom. The molecule has 0 heterocycles. The van der Waals surface area contributed by atoms with E-state index in [2.05, 4.69) is 30.3 Å². The highest BCUT2D eigenvalue weighted by Crippen LogP contribution is 2.28. The van der Waals surface area contributed by atoms with Gasteiger partial charge in [-0.1, -0.05) is 54.6 Å². The fourth-order valence-corrected chi connectivity index (χ4v) is 2.38. The van der Waals surface area contributed by atoms with Crippen molar-refractivity contribution in [1.29, 1.82) is 0 Å². The molecule has 0 spiro atoms. The van der Waals surface area contributed by atoms with Gasteiger partial charge in [-0.25, -0.2) is 0 Å². The van der Waals surface area contributed by atoms with Gasteiger partial charge in [-0.2, -0.15) is 0 Å². The largest absolute Gasteiger partial charge is 0.463 e. The zero-order valence-electron chi connectivity index (χ0n) is 9.80. The number of benzene rings is 3. The Labute approximate surface area is 105 Å². The van der Waals surface area contributed by atoms with Crippen LogP contribution in [0, 0.1) is 0 Å². The number of carbonyl (C=O) groups excluding carboxylic acids is 1. The van der Waals surface area contributed by atoms with E-state index in [0.717, 1.165) is 10.9 Å². The van der Waals surface area contributed by atoms with Gasteiger partial charge in [-0.05, 0) is 27.1 Å². The Bertz CT molecular complexity index is 716. The molecule has 3 aromatic carbocycles. The van der Waals surface area contributed by atoms with E-state index in [0.29, 0.717) is 13.1 Å². The minimum atomic E-state index is 0.314. The molecule has 0 aliphatic heterocycles. The average Bonchev–Trinajstić information content (AvgIpc) is 2.44. The number of rotatable bonds is 3. The van der Waals surface area contributed by atoms with Gasteiger partial charge in [0.25, 0.3) is 6.47 Å². The number of ether oxygens (including phenoxy) is 1. The molecule has 0 aliphatic rings. The zero-order valence-corrected chi connectivity index (χ0v) is 9.80. The molecule has 0 unspecified atom stereocenters. The van der Waals surface area contributed by atoms with Crippen LogP contribution in [0.5, 0.6) is 0 Å². The standard InChI is InChI=1S/C16H12O2/c17-11-18-10-14-6-3-5-13-9-8-12-4-1-2-7-15(12)16(13)14/h1-9,11H,10H2. The summed E-state index contributed by atoms with van der Waals surface area (Å²) in [7, 11) is 0. The minimum Gasteiger partial charge on any atom is -0.463 e. The lowest BCUT2D eigenvalue weighted by molar-refractivity contribution is -0.129. The molecule has 3 rings (SSSR count). The SMILES string of the molecule is O=COCc1cccc2ccc3ccccc3c12. The van der Waals surface area contributed by atoms with Crippen LogP contribution >= 0.6 is 0 Å². The van der Waals surface area contributed by atoms with Gasteiger partial charge in [0.1, 0.15) is 6.61 Å². The summed E-state index contributed by atoms with van der Waals surface area (Å²) in [6, 6.07) is 18.5. The molecule has 0 atom stereocenters. The fourth-order valence-electron chi connectivity index (χ4n) is 2.38. The third-order valence-corrected chi connectivity index (χ3v) is 3.16. The van der Waals surface area contributed by atoms with Crippen LogP contribution in [0.15, 0.2) is 54.6 Å².